The fourth-order valence-corrected chi connectivity index (χ4v) is 4.09. The van der Waals surface area contributed by atoms with Crippen molar-refractivity contribution in [1.82, 2.24) is 9.80 Å². The summed E-state index contributed by atoms with van der Waals surface area (Å²) in [5.41, 5.74) is 2.68. The van der Waals surface area contributed by atoms with Crippen molar-refractivity contribution < 1.29 is 9.59 Å². The van der Waals surface area contributed by atoms with E-state index < -0.39 is 0 Å². The standard InChI is InChI=1S/C20H28N2O2/c1-14(2)19(23)22-12-10-16(11-13-22)20(24)21(3)18-9-8-15-6-4-5-7-17(15)18/h4-7,14,16,18H,8-13H2,1-3H3. The third kappa shape index (κ3) is 3.19. The molecule has 4 heteroatoms. The van der Waals surface area contributed by atoms with Gasteiger partial charge in [0.15, 0.2) is 0 Å². The normalized spacial score (nSPS) is 21.0. The Balaban J connectivity index is 1.61. The van der Waals surface area contributed by atoms with E-state index in [1.54, 1.807) is 0 Å². The molecule has 0 bridgehead atoms. The molecule has 2 amide bonds. The van der Waals surface area contributed by atoms with Gasteiger partial charge in [-0.25, -0.2) is 0 Å². The number of hydrogen-bond acceptors (Lipinski definition) is 2. The Kier molecular flexibility index (Phi) is 4.93. The molecule has 3 rings (SSSR count). The lowest BCUT2D eigenvalue weighted by Crippen LogP contribution is -2.45. The third-order valence-electron chi connectivity index (χ3n) is 5.57. The summed E-state index contributed by atoms with van der Waals surface area (Å²) in [7, 11) is 1.95. The minimum absolute atomic E-state index is 0.0370. The van der Waals surface area contributed by atoms with Crippen molar-refractivity contribution in [2.45, 2.75) is 45.6 Å². The molecule has 1 aromatic carbocycles. The maximum absolute atomic E-state index is 12.9. The number of nitrogens with zero attached hydrogens (tertiary/aromatic N) is 2. The van der Waals surface area contributed by atoms with Gasteiger partial charge in [0.25, 0.3) is 0 Å². The minimum atomic E-state index is 0.0370. The van der Waals surface area contributed by atoms with E-state index in [-0.39, 0.29) is 29.7 Å². The van der Waals surface area contributed by atoms with Gasteiger partial charge in [-0.05, 0) is 36.8 Å². The molecule has 4 nitrogen and oxygen atoms in total. The summed E-state index contributed by atoms with van der Waals surface area (Å²) in [6.07, 6.45) is 3.65. The number of likely N-dealkylation sites (tertiary alicyclic amines) is 1. The van der Waals surface area contributed by atoms with Gasteiger partial charge in [-0.1, -0.05) is 38.1 Å². The highest BCUT2D eigenvalue weighted by molar-refractivity contribution is 5.81. The average molecular weight is 328 g/mol. The first-order chi connectivity index (χ1) is 11.5. The van der Waals surface area contributed by atoms with Gasteiger partial charge in [0.05, 0.1) is 6.04 Å². The lowest BCUT2D eigenvalue weighted by molar-refractivity contribution is -0.142. The van der Waals surface area contributed by atoms with E-state index in [1.807, 2.05) is 30.7 Å². The smallest absolute Gasteiger partial charge is 0.226 e. The Morgan fingerprint density at radius 2 is 1.79 bits per heavy atom. The number of piperidine rings is 1. The van der Waals surface area contributed by atoms with Crippen LogP contribution in [-0.4, -0.2) is 41.8 Å². The van der Waals surface area contributed by atoms with Gasteiger partial charge in [-0.2, -0.15) is 0 Å². The van der Waals surface area contributed by atoms with Crippen LogP contribution >= 0.6 is 0 Å². The molecule has 1 saturated heterocycles. The Labute approximate surface area is 144 Å². The largest absolute Gasteiger partial charge is 0.342 e. The highest BCUT2D eigenvalue weighted by atomic mass is 16.2. The molecule has 1 aliphatic carbocycles. The van der Waals surface area contributed by atoms with Crippen molar-refractivity contribution >= 4 is 11.8 Å². The van der Waals surface area contributed by atoms with Gasteiger partial charge >= 0.3 is 0 Å². The summed E-state index contributed by atoms with van der Waals surface area (Å²) < 4.78 is 0. The van der Waals surface area contributed by atoms with Crippen molar-refractivity contribution in [3.63, 3.8) is 0 Å². The quantitative estimate of drug-likeness (QED) is 0.856. The second-order valence-electron chi connectivity index (χ2n) is 7.46. The topological polar surface area (TPSA) is 40.6 Å². The second-order valence-corrected chi connectivity index (χ2v) is 7.46. The van der Waals surface area contributed by atoms with Crippen LogP contribution < -0.4 is 0 Å². The van der Waals surface area contributed by atoms with Crippen LogP contribution in [0.2, 0.25) is 0 Å². The average Bonchev–Trinajstić information content (AvgIpc) is 3.04. The van der Waals surface area contributed by atoms with E-state index >= 15 is 0 Å². The summed E-state index contributed by atoms with van der Waals surface area (Å²) >= 11 is 0. The molecule has 0 N–H and O–H groups in total. The fourth-order valence-electron chi connectivity index (χ4n) is 4.09. The van der Waals surface area contributed by atoms with Crippen molar-refractivity contribution in [2.24, 2.45) is 11.8 Å². The lowest BCUT2D eigenvalue weighted by Gasteiger charge is -2.35. The monoisotopic (exact) mass is 328 g/mol. The van der Waals surface area contributed by atoms with Crippen LogP contribution in [-0.2, 0) is 16.0 Å². The van der Waals surface area contributed by atoms with E-state index in [1.165, 1.54) is 11.1 Å². The Morgan fingerprint density at radius 1 is 1.12 bits per heavy atom. The second kappa shape index (κ2) is 6.96. The lowest BCUT2D eigenvalue weighted by atomic mass is 9.93. The summed E-state index contributed by atoms with van der Waals surface area (Å²) in [5, 5.41) is 0. The van der Waals surface area contributed by atoms with Crippen LogP contribution in [0, 0.1) is 11.8 Å². The SMILES string of the molecule is CC(C)C(=O)N1CCC(C(=O)N(C)C2CCc3ccccc32)CC1. The van der Waals surface area contributed by atoms with E-state index in [2.05, 4.69) is 24.3 Å². The predicted molar refractivity (Wildman–Crippen MR) is 94.4 cm³/mol. The first-order valence-corrected chi connectivity index (χ1v) is 9.12. The Hall–Kier alpha value is -1.84. The molecular weight excluding hydrogens is 300 g/mol. The minimum Gasteiger partial charge on any atom is -0.342 e. The maximum Gasteiger partial charge on any atom is 0.226 e. The summed E-state index contributed by atoms with van der Waals surface area (Å²) in [6, 6.07) is 8.67. The van der Waals surface area contributed by atoms with Crippen LogP contribution in [0.4, 0.5) is 0 Å². The Bertz CT molecular complexity index is 618. The molecule has 0 spiro atoms. The van der Waals surface area contributed by atoms with E-state index in [0.29, 0.717) is 13.1 Å². The van der Waals surface area contributed by atoms with Gasteiger partial charge in [-0.15, -0.1) is 0 Å². The molecule has 1 fully saturated rings. The number of carbonyl (C=O) groups excluding carboxylic acids is 2. The van der Waals surface area contributed by atoms with E-state index in [9.17, 15) is 9.59 Å². The number of benzene rings is 1. The summed E-state index contributed by atoms with van der Waals surface area (Å²) in [5.74, 6) is 0.543. The van der Waals surface area contributed by atoms with Gasteiger partial charge in [0.2, 0.25) is 11.8 Å². The van der Waals surface area contributed by atoms with Crippen LogP contribution in [0.15, 0.2) is 24.3 Å². The van der Waals surface area contributed by atoms with Crippen LogP contribution in [0.5, 0.6) is 0 Å². The van der Waals surface area contributed by atoms with E-state index in [4.69, 9.17) is 0 Å². The molecule has 1 aliphatic heterocycles. The van der Waals surface area contributed by atoms with Crippen LogP contribution in [0.25, 0.3) is 0 Å². The summed E-state index contributed by atoms with van der Waals surface area (Å²) in [6.45, 7) is 5.29. The molecule has 1 unspecified atom stereocenters. The molecule has 1 aromatic rings. The van der Waals surface area contributed by atoms with Gasteiger partial charge < -0.3 is 9.80 Å². The van der Waals surface area contributed by atoms with Crippen molar-refractivity contribution in [2.75, 3.05) is 20.1 Å². The van der Waals surface area contributed by atoms with Crippen molar-refractivity contribution in [3.05, 3.63) is 35.4 Å². The number of aryl methyl sites for hydroxylation is 1. The number of fused-ring (bicyclic) bond motifs is 1. The number of hydrogen-bond donors (Lipinski definition) is 0. The zero-order valence-electron chi connectivity index (χ0n) is 15.0. The molecule has 1 atom stereocenters. The number of carbonyl (C=O) groups is 2. The third-order valence-corrected chi connectivity index (χ3v) is 5.57. The summed E-state index contributed by atoms with van der Waals surface area (Å²) in [4.78, 5) is 28.9. The van der Waals surface area contributed by atoms with Crippen LogP contribution in [0.1, 0.15) is 50.3 Å². The van der Waals surface area contributed by atoms with Crippen molar-refractivity contribution in [1.29, 1.82) is 0 Å². The maximum atomic E-state index is 12.9. The zero-order valence-corrected chi connectivity index (χ0v) is 15.0. The highest BCUT2D eigenvalue weighted by Gasteiger charge is 2.34. The predicted octanol–water partition coefficient (Wildman–Crippen LogP) is 3.03. The molecule has 2 aliphatic rings. The molecular formula is C20H28N2O2. The highest BCUT2D eigenvalue weighted by Crippen LogP contribution is 2.36. The Morgan fingerprint density at radius 3 is 2.46 bits per heavy atom. The molecule has 1 heterocycles. The molecule has 0 radical (unpaired) electrons. The van der Waals surface area contributed by atoms with Crippen LogP contribution in [0.3, 0.4) is 0 Å². The molecule has 130 valence electrons. The van der Waals surface area contributed by atoms with Gasteiger partial charge in [0.1, 0.15) is 0 Å². The van der Waals surface area contributed by atoms with Gasteiger partial charge in [0, 0.05) is 32.0 Å². The molecule has 0 saturated carbocycles. The van der Waals surface area contributed by atoms with Crippen molar-refractivity contribution in [3.8, 4) is 0 Å². The fraction of sp³-hybridized carbons (Fsp3) is 0.600. The number of amides is 2. The first kappa shape index (κ1) is 17.0. The first-order valence-electron chi connectivity index (χ1n) is 9.12. The molecule has 0 aromatic heterocycles. The van der Waals surface area contributed by atoms with E-state index in [0.717, 1.165) is 25.7 Å². The molecule has 24 heavy (non-hydrogen) atoms. The zero-order chi connectivity index (χ0) is 17.3. The van der Waals surface area contributed by atoms with Gasteiger partial charge in [-0.3, -0.25) is 9.59 Å². The number of rotatable bonds is 3.